The summed E-state index contributed by atoms with van der Waals surface area (Å²) in [5.41, 5.74) is 0.498. The van der Waals surface area contributed by atoms with Crippen molar-refractivity contribution in [2.75, 3.05) is 13.0 Å². The van der Waals surface area contributed by atoms with Gasteiger partial charge in [0.15, 0.2) is 0 Å². The van der Waals surface area contributed by atoms with E-state index in [4.69, 9.17) is 16.3 Å². The molecule has 1 aromatic carbocycles. The lowest BCUT2D eigenvalue weighted by atomic mass is 10.0. The Morgan fingerprint density at radius 3 is 2.83 bits per heavy atom. The second-order valence-corrected chi connectivity index (χ2v) is 4.86. The summed E-state index contributed by atoms with van der Waals surface area (Å²) in [6.07, 6.45) is 2.33. The largest absolute Gasteiger partial charge is 0.496 e. The molecule has 1 aromatic rings. The fraction of sp³-hybridized carbons (Fsp3) is 0.462. The Bertz CT molecular complexity index is 460. The van der Waals surface area contributed by atoms with Crippen LogP contribution >= 0.6 is 11.6 Å². The Morgan fingerprint density at radius 2 is 2.28 bits per heavy atom. The number of hydrogen-bond donors (Lipinski definition) is 1. The van der Waals surface area contributed by atoms with E-state index in [1.807, 2.05) is 0 Å². The molecule has 1 amide bonds. The summed E-state index contributed by atoms with van der Waals surface area (Å²) in [4.78, 5) is 11.3. The Hall–Kier alpha value is -1.29. The van der Waals surface area contributed by atoms with Crippen molar-refractivity contribution < 1.29 is 13.9 Å². The molecule has 1 N–H and O–H groups in total. The van der Waals surface area contributed by atoms with Crippen molar-refractivity contribution in [2.45, 2.75) is 24.8 Å². The molecule has 0 aromatic heterocycles. The molecule has 1 aliphatic rings. The number of carbonyl (C=O) groups is 1. The van der Waals surface area contributed by atoms with Gasteiger partial charge in [-0.05, 0) is 43.0 Å². The van der Waals surface area contributed by atoms with Gasteiger partial charge in [-0.3, -0.25) is 4.79 Å². The maximum atomic E-state index is 13.2. The van der Waals surface area contributed by atoms with Crippen LogP contribution in [0.3, 0.4) is 0 Å². The molecular formula is C13H15ClFNO2. The molecule has 0 spiro atoms. The molecule has 0 aliphatic heterocycles. The Labute approximate surface area is 110 Å². The van der Waals surface area contributed by atoms with Crippen LogP contribution in [0, 0.1) is 5.82 Å². The predicted molar refractivity (Wildman–Crippen MR) is 67.5 cm³/mol. The van der Waals surface area contributed by atoms with Crippen LogP contribution in [0.1, 0.15) is 18.4 Å². The van der Waals surface area contributed by atoms with Gasteiger partial charge in [0.25, 0.3) is 0 Å². The van der Waals surface area contributed by atoms with Crippen LogP contribution in [-0.4, -0.2) is 24.4 Å². The lowest BCUT2D eigenvalue weighted by Crippen LogP contribution is -2.39. The standard InChI is InChI=1S/C13H15ClFNO2/c1-18-11-3-2-10(15)6-9(11)7-13(4-5-13)16-12(17)8-14/h2-3,6H,4-5,7-8H2,1H3,(H,16,17). The molecule has 1 aliphatic carbocycles. The van der Waals surface area contributed by atoms with E-state index in [0.717, 1.165) is 18.4 Å². The topological polar surface area (TPSA) is 38.3 Å². The van der Waals surface area contributed by atoms with Gasteiger partial charge in [-0.15, -0.1) is 11.6 Å². The van der Waals surface area contributed by atoms with Gasteiger partial charge < -0.3 is 10.1 Å². The number of carbonyl (C=O) groups excluding carboxylic acids is 1. The zero-order chi connectivity index (χ0) is 13.2. The van der Waals surface area contributed by atoms with Crippen LogP contribution in [0.2, 0.25) is 0 Å². The average Bonchev–Trinajstić information content (AvgIpc) is 3.09. The summed E-state index contributed by atoms with van der Waals surface area (Å²) >= 11 is 5.48. The molecule has 2 rings (SSSR count). The highest BCUT2D eigenvalue weighted by atomic mass is 35.5. The Morgan fingerprint density at radius 1 is 1.56 bits per heavy atom. The molecular weight excluding hydrogens is 257 g/mol. The van der Waals surface area contributed by atoms with E-state index in [-0.39, 0.29) is 23.1 Å². The maximum Gasteiger partial charge on any atom is 0.235 e. The second kappa shape index (κ2) is 5.14. The van der Waals surface area contributed by atoms with Crippen LogP contribution < -0.4 is 10.1 Å². The summed E-state index contributed by atoms with van der Waals surface area (Å²) in [5, 5.41) is 2.89. The first-order chi connectivity index (χ1) is 8.58. The molecule has 18 heavy (non-hydrogen) atoms. The molecule has 0 atom stereocenters. The lowest BCUT2D eigenvalue weighted by molar-refractivity contribution is -0.119. The quantitative estimate of drug-likeness (QED) is 0.835. The van der Waals surface area contributed by atoms with Gasteiger partial charge in [0.05, 0.1) is 7.11 Å². The number of methoxy groups -OCH3 is 1. The first-order valence-corrected chi connectivity index (χ1v) is 6.31. The number of rotatable bonds is 5. The number of benzene rings is 1. The third-order valence-corrected chi connectivity index (χ3v) is 3.39. The highest BCUT2D eigenvalue weighted by Gasteiger charge is 2.44. The highest BCUT2D eigenvalue weighted by Crippen LogP contribution is 2.40. The van der Waals surface area contributed by atoms with Crippen molar-refractivity contribution in [1.82, 2.24) is 5.32 Å². The number of amides is 1. The molecule has 5 heteroatoms. The summed E-state index contributed by atoms with van der Waals surface area (Å²) < 4.78 is 18.4. The average molecular weight is 272 g/mol. The summed E-state index contributed by atoms with van der Waals surface area (Å²) in [7, 11) is 1.55. The first kappa shape index (κ1) is 13.1. The SMILES string of the molecule is COc1ccc(F)cc1CC1(NC(=O)CCl)CC1. The predicted octanol–water partition coefficient (Wildman–Crippen LogP) is 2.26. The zero-order valence-corrected chi connectivity index (χ0v) is 10.9. The minimum absolute atomic E-state index is 0.0535. The van der Waals surface area contributed by atoms with E-state index in [9.17, 15) is 9.18 Å². The van der Waals surface area contributed by atoms with Gasteiger partial charge in [0, 0.05) is 5.54 Å². The van der Waals surface area contributed by atoms with Crippen LogP contribution in [0.25, 0.3) is 0 Å². The molecule has 1 fully saturated rings. The number of nitrogens with one attached hydrogen (secondary N) is 1. The summed E-state index contributed by atoms with van der Waals surface area (Å²) in [5.74, 6) is 0.0970. The Balaban J connectivity index is 2.13. The number of hydrogen-bond acceptors (Lipinski definition) is 2. The minimum Gasteiger partial charge on any atom is -0.496 e. The van der Waals surface area contributed by atoms with Crippen LogP contribution in [0.15, 0.2) is 18.2 Å². The van der Waals surface area contributed by atoms with E-state index in [0.29, 0.717) is 12.2 Å². The minimum atomic E-state index is -0.301. The van der Waals surface area contributed by atoms with Crippen molar-refractivity contribution in [1.29, 1.82) is 0 Å². The molecule has 0 bridgehead atoms. The van der Waals surface area contributed by atoms with E-state index < -0.39 is 0 Å². The highest BCUT2D eigenvalue weighted by molar-refractivity contribution is 6.27. The zero-order valence-electron chi connectivity index (χ0n) is 10.1. The van der Waals surface area contributed by atoms with Crippen molar-refractivity contribution in [3.8, 4) is 5.75 Å². The molecule has 0 heterocycles. The van der Waals surface area contributed by atoms with Gasteiger partial charge in [0.2, 0.25) is 5.91 Å². The second-order valence-electron chi connectivity index (χ2n) is 4.60. The van der Waals surface area contributed by atoms with Crippen molar-refractivity contribution in [2.24, 2.45) is 0 Å². The monoisotopic (exact) mass is 271 g/mol. The Kier molecular flexibility index (Phi) is 3.76. The normalized spacial score (nSPS) is 16.2. The molecule has 0 unspecified atom stereocenters. The fourth-order valence-electron chi connectivity index (χ4n) is 2.08. The molecule has 0 saturated heterocycles. The third-order valence-electron chi connectivity index (χ3n) is 3.15. The number of halogens is 2. The van der Waals surface area contributed by atoms with Crippen molar-refractivity contribution in [3.63, 3.8) is 0 Å². The van der Waals surface area contributed by atoms with Gasteiger partial charge in [0.1, 0.15) is 17.4 Å². The number of ether oxygens (including phenoxy) is 1. The molecule has 0 radical (unpaired) electrons. The van der Waals surface area contributed by atoms with Gasteiger partial charge in [-0.1, -0.05) is 0 Å². The van der Waals surface area contributed by atoms with Gasteiger partial charge in [-0.2, -0.15) is 0 Å². The maximum absolute atomic E-state index is 13.2. The van der Waals surface area contributed by atoms with E-state index in [2.05, 4.69) is 5.32 Å². The van der Waals surface area contributed by atoms with Gasteiger partial charge in [-0.25, -0.2) is 4.39 Å². The fourth-order valence-corrected chi connectivity index (χ4v) is 2.14. The smallest absolute Gasteiger partial charge is 0.235 e. The van der Waals surface area contributed by atoms with E-state index >= 15 is 0 Å². The van der Waals surface area contributed by atoms with E-state index in [1.165, 1.54) is 12.1 Å². The van der Waals surface area contributed by atoms with Crippen LogP contribution in [-0.2, 0) is 11.2 Å². The van der Waals surface area contributed by atoms with Crippen LogP contribution in [0.4, 0.5) is 4.39 Å². The van der Waals surface area contributed by atoms with Crippen molar-refractivity contribution in [3.05, 3.63) is 29.6 Å². The summed E-state index contributed by atoms with van der Waals surface area (Å²) in [6, 6.07) is 4.41. The van der Waals surface area contributed by atoms with Gasteiger partial charge >= 0.3 is 0 Å². The molecule has 3 nitrogen and oxygen atoms in total. The molecule has 1 saturated carbocycles. The third kappa shape index (κ3) is 2.93. The number of alkyl halides is 1. The first-order valence-electron chi connectivity index (χ1n) is 5.78. The molecule has 98 valence electrons. The summed E-state index contributed by atoms with van der Waals surface area (Å²) in [6.45, 7) is 0. The lowest BCUT2D eigenvalue weighted by Gasteiger charge is -2.18. The van der Waals surface area contributed by atoms with Crippen LogP contribution in [0.5, 0.6) is 5.75 Å². The van der Waals surface area contributed by atoms with Crippen molar-refractivity contribution >= 4 is 17.5 Å². The van der Waals surface area contributed by atoms with E-state index in [1.54, 1.807) is 13.2 Å².